The molecule has 9 heteroatoms. The predicted molar refractivity (Wildman–Crippen MR) is 104 cm³/mol. The van der Waals surface area contributed by atoms with E-state index in [1.54, 1.807) is 6.20 Å². The van der Waals surface area contributed by atoms with Crippen LogP contribution in [0.15, 0.2) is 29.0 Å². The first kappa shape index (κ1) is 19.0. The van der Waals surface area contributed by atoms with Gasteiger partial charge in [-0.05, 0) is 26.2 Å². The highest BCUT2D eigenvalue weighted by molar-refractivity contribution is 6.39. The highest BCUT2D eigenvalue weighted by Crippen LogP contribution is 2.29. The van der Waals surface area contributed by atoms with Gasteiger partial charge in [-0.25, -0.2) is 19.4 Å². The van der Waals surface area contributed by atoms with E-state index in [4.69, 9.17) is 11.6 Å². The van der Waals surface area contributed by atoms with Gasteiger partial charge < -0.3 is 15.6 Å². The maximum absolute atomic E-state index is 14.2. The highest BCUT2D eigenvalue weighted by atomic mass is 35.5. The van der Waals surface area contributed by atoms with Gasteiger partial charge in [-0.3, -0.25) is 4.79 Å². The van der Waals surface area contributed by atoms with E-state index >= 15 is 0 Å². The van der Waals surface area contributed by atoms with Gasteiger partial charge >= 0.3 is 0 Å². The third-order valence-electron chi connectivity index (χ3n) is 4.28. The van der Waals surface area contributed by atoms with E-state index in [0.717, 1.165) is 24.6 Å². The number of carbonyl (C=O) groups excluding carboxylic acids is 1. The molecule has 0 spiro atoms. The molecule has 3 N–H and O–H groups in total. The second-order valence-electron chi connectivity index (χ2n) is 6.25. The molecule has 1 fully saturated rings. The van der Waals surface area contributed by atoms with Crippen LogP contribution in [-0.2, 0) is 4.79 Å². The minimum absolute atomic E-state index is 0.00170. The molecule has 1 amide bonds. The first-order chi connectivity index (χ1) is 13.0. The number of nitrogens with one attached hydrogen (secondary N) is 3. The quantitative estimate of drug-likeness (QED) is 0.681. The lowest BCUT2D eigenvalue weighted by Gasteiger charge is -2.16. The number of aliphatic imine (C=N–C) groups is 1. The van der Waals surface area contributed by atoms with Crippen molar-refractivity contribution in [3.05, 3.63) is 35.4 Å². The number of hydrogen-bond donors (Lipinski definition) is 3. The zero-order valence-electron chi connectivity index (χ0n) is 14.9. The zero-order valence-corrected chi connectivity index (χ0v) is 15.6. The van der Waals surface area contributed by atoms with Crippen LogP contribution in [0.5, 0.6) is 0 Å². The Hall–Kier alpha value is -2.74. The summed E-state index contributed by atoms with van der Waals surface area (Å²) in [5, 5.41) is 6.02. The Morgan fingerprint density at radius 2 is 2.33 bits per heavy atom. The van der Waals surface area contributed by atoms with Crippen molar-refractivity contribution in [3.63, 3.8) is 0 Å². The van der Waals surface area contributed by atoms with Gasteiger partial charge in [0.1, 0.15) is 11.9 Å². The van der Waals surface area contributed by atoms with Crippen molar-refractivity contribution < 1.29 is 9.18 Å². The lowest BCUT2D eigenvalue weighted by atomic mass is 10.1. The van der Waals surface area contributed by atoms with E-state index < -0.39 is 11.9 Å². The van der Waals surface area contributed by atoms with Crippen molar-refractivity contribution in [3.8, 4) is 11.4 Å². The van der Waals surface area contributed by atoms with Crippen molar-refractivity contribution in [1.29, 1.82) is 0 Å². The van der Waals surface area contributed by atoms with Gasteiger partial charge in [0.2, 0.25) is 5.91 Å². The molecule has 0 saturated carbocycles. The molecule has 1 aliphatic rings. The van der Waals surface area contributed by atoms with Gasteiger partial charge in [0.05, 0.1) is 11.2 Å². The summed E-state index contributed by atoms with van der Waals surface area (Å²) in [6.07, 6.45) is 6.61. The van der Waals surface area contributed by atoms with E-state index in [2.05, 4.69) is 37.2 Å². The predicted octanol–water partition coefficient (Wildman–Crippen LogP) is 3.45. The summed E-state index contributed by atoms with van der Waals surface area (Å²) in [6.45, 7) is 6.02. The molecule has 0 unspecified atom stereocenters. The molecule has 3 rings (SSSR count). The summed E-state index contributed by atoms with van der Waals surface area (Å²) in [5.74, 6) is 0.149. The molecule has 3 heterocycles. The van der Waals surface area contributed by atoms with E-state index in [0.29, 0.717) is 35.2 Å². The second kappa shape index (κ2) is 8.30. The van der Waals surface area contributed by atoms with Gasteiger partial charge in [-0.2, -0.15) is 0 Å². The monoisotopic (exact) mass is 390 g/mol. The summed E-state index contributed by atoms with van der Waals surface area (Å²) >= 11 is 5.69. The van der Waals surface area contributed by atoms with Crippen molar-refractivity contribution >= 4 is 35.4 Å². The topological polar surface area (TPSA) is 95.1 Å². The molecule has 1 aliphatic heterocycles. The van der Waals surface area contributed by atoms with Gasteiger partial charge in [-0.1, -0.05) is 18.2 Å². The zero-order chi connectivity index (χ0) is 19.4. The lowest BCUT2D eigenvalue weighted by molar-refractivity contribution is -0.121. The van der Waals surface area contributed by atoms with E-state index in [-0.39, 0.29) is 11.7 Å². The summed E-state index contributed by atoms with van der Waals surface area (Å²) in [4.78, 5) is 27.6. The summed E-state index contributed by atoms with van der Waals surface area (Å²) in [7, 11) is 0. The standard InChI is InChI=1S/C18H20ClFN6O/c1-10(19)7-22-15-11(2)12(8-23-15)16-24-9-13(20)17(26-16)25-14-5-3-4-6-21-18(14)27/h7-9,14,23H,1,3-6H2,2H3,(H,21,27)(H,24,25,26)/t14-/m0/s1. The minimum Gasteiger partial charge on any atom is -0.356 e. The van der Waals surface area contributed by atoms with Crippen LogP contribution in [0.4, 0.5) is 16.0 Å². The molecular formula is C18H20ClFN6O. The summed E-state index contributed by atoms with van der Waals surface area (Å²) in [6, 6.07) is -0.521. The normalized spacial score (nSPS) is 17.6. The van der Waals surface area contributed by atoms with E-state index in [1.165, 1.54) is 6.21 Å². The lowest BCUT2D eigenvalue weighted by Crippen LogP contribution is -2.38. The third kappa shape index (κ3) is 4.51. The average Bonchev–Trinajstić information content (AvgIpc) is 2.88. The number of allylic oxidation sites excluding steroid dienone is 1. The molecule has 142 valence electrons. The molecule has 27 heavy (non-hydrogen) atoms. The number of hydrogen-bond acceptors (Lipinski definition) is 5. The number of anilines is 1. The molecule has 2 aromatic heterocycles. The Morgan fingerprint density at radius 3 is 3.11 bits per heavy atom. The van der Waals surface area contributed by atoms with Crippen LogP contribution in [-0.4, -0.2) is 39.7 Å². The van der Waals surface area contributed by atoms with E-state index in [1.807, 2.05) is 6.92 Å². The van der Waals surface area contributed by atoms with E-state index in [9.17, 15) is 9.18 Å². The smallest absolute Gasteiger partial charge is 0.242 e. The molecule has 2 aromatic rings. The Labute approximate surface area is 161 Å². The number of H-pyrrole nitrogens is 1. The van der Waals surface area contributed by atoms with Crippen LogP contribution >= 0.6 is 11.6 Å². The fourth-order valence-electron chi connectivity index (χ4n) is 2.83. The Morgan fingerprint density at radius 1 is 1.52 bits per heavy atom. The molecule has 0 aromatic carbocycles. The maximum Gasteiger partial charge on any atom is 0.242 e. The molecule has 0 bridgehead atoms. The number of nitrogens with zero attached hydrogens (tertiary/aromatic N) is 3. The van der Waals surface area contributed by atoms with Crippen LogP contribution < -0.4 is 10.6 Å². The number of carbonyl (C=O) groups is 1. The molecule has 0 aliphatic carbocycles. The summed E-state index contributed by atoms with van der Waals surface area (Å²) < 4.78 is 14.2. The Kier molecular flexibility index (Phi) is 5.85. The van der Waals surface area contributed by atoms with Gasteiger partial charge in [0.25, 0.3) is 0 Å². The van der Waals surface area contributed by atoms with Crippen LogP contribution in [0, 0.1) is 12.7 Å². The maximum atomic E-state index is 14.2. The third-order valence-corrected chi connectivity index (χ3v) is 4.38. The first-order valence-electron chi connectivity index (χ1n) is 8.59. The van der Waals surface area contributed by atoms with Gasteiger partial charge in [0, 0.05) is 30.1 Å². The molecular weight excluding hydrogens is 371 g/mol. The highest BCUT2D eigenvalue weighted by Gasteiger charge is 2.23. The molecule has 0 radical (unpaired) electrons. The van der Waals surface area contributed by atoms with Crippen LogP contribution in [0.3, 0.4) is 0 Å². The molecule has 7 nitrogen and oxygen atoms in total. The number of aromatic nitrogens is 3. The largest absolute Gasteiger partial charge is 0.356 e. The Bertz CT molecular complexity index is 894. The van der Waals surface area contributed by atoms with Gasteiger partial charge in [-0.15, -0.1) is 0 Å². The molecule has 1 saturated heterocycles. The number of aromatic amines is 1. The fraction of sp³-hybridized carbons (Fsp3) is 0.333. The first-order valence-corrected chi connectivity index (χ1v) is 8.97. The molecule has 1 atom stereocenters. The summed E-state index contributed by atoms with van der Waals surface area (Å²) in [5.41, 5.74) is 1.46. The number of halogens is 2. The SMILES string of the molecule is C=C(Cl)C=Nc1[nH]cc(-c2ncc(F)c(N[C@H]3CCCCNC3=O)n2)c1C. The number of rotatable bonds is 5. The van der Waals surface area contributed by atoms with Crippen molar-refractivity contribution in [2.24, 2.45) is 4.99 Å². The van der Waals surface area contributed by atoms with Gasteiger partial charge in [0.15, 0.2) is 17.5 Å². The van der Waals surface area contributed by atoms with Crippen LogP contribution in [0.2, 0.25) is 0 Å². The fourth-order valence-corrected chi connectivity index (χ4v) is 2.87. The van der Waals surface area contributed by atoms with Crippen LogP contribution in [0.25, 0.3) is 11.4 Å². The average molecular weight is 391 g/mol. The number of amides is 1. The van der Waals surface area contributed by atoms with Crippen molar-refractivity contribution in [2.75, 3.05) is 11.9 Å². The second-order valence-corrected chi connectivity index (χ2v) is 6.74. The minimum atomic E-state index is -0.610. The van der Waals surface area contributed by atoms with Crippen molar-refractivity contribution in [2.45, 2.75) is 32.2 Å². The Balaban J connectivity index is 1.87. The van der Waals surface area contributed by atoms with Crippen LogP contribution in [0.1, 0.15) is 24.8 Å². The van der Waals surface area contributed by atoms with Crippen molar-refractivity contribution in [1.82, 2.24) is 20.3 Å².